The lowest BCUT2D eigenvalue weighted by Crippen LogP contribution is -2.60. The van der Waals surface area contributed by atoms with E-state index in [9.17, 15) is 23.2 Å². The Morgan fingerprint density at radius 1 is 0.981 bits per heavy atom. The maximum atomic E-state index is 14.7. The van der Waals surface area contributed by atoms with Crippen LogP contribution in [0.15, 0.2) is 42.5 Å². The SMILES string of the molecule is CCCOC1CC([C@@H](O[Si](C)(C)C(C)(C)C)[C@H](Cc2cc(F)cc(F)c2)NC(=O)c2cccc(C(=O)N3CCC[C@@H]3COC)c2)N(C(=O)OC(C)(C)C)C1. The summed E-state index contributed by atoms with van der Waals surface area (Å²) in [5.74, 6) is -2.18. The van der Waals surface area contributed by atoms with Crippen LogP contribution in [0.5, 0.6) is 0 Å². The number of halogens is 2. The van der Waals surface area contributed by atoms with Crippen molar-refractivity contribution in [1.82, 2.24) is 15.1 Å². The molecule has 2 heterocycles. The molecule has 5 atom stereocenters. The molecule has 0 saturated carbocycles. The van der Waals surface area contributed by atoms with Crippen molar-refractivity contribution in [3.05, 3.63) is 70.8 Å². The third kappa shape index (κ3) is 11.3. The Morgan fingerprint density at radius 2 is 1.65 bits per heavy atom. The molecule has 2 saturated heterocycles. The molecule has 54 heavy (non-hydrogen) atoms. The number of carbonyl (C=O) groups is 3. The van der Waals surface area contributed by atoms with Gasteiger partial charge in [0.05, 0.1) is 43.5 Å². The monoisotopic (exact) mass is 773 g/mol. The average molecular weight is 774 g/mol. The van der Waals surface area contributed by atoms with Crippen LogP contribution in [-0.2, 0) is 25.1 Å². The van der Waals surface area contributed by atoms with Crippen molar-refractivity contribution in [2.45, 2.75) is 135 Å². The second-order valence-electron chi connectivity index (χ2n) is 17.2. The van der Waals surface area contributed by atoms with Crippen LogP contribution >= 0.6 is 0 Å². The van der Waals surface area contributed by atoms with Crippen molar-refractivity contribution >= 4 is 26.2 Å². The van der Waals surface area contributed by atoms with Crippen LogP contribution in [0.1, 0.15) is 100 Å². The molecule has 2 aromatic rings. The first-order chi connectivity index (χ1) is 25.2. The van der Waals surface area contributed by atoms with Gasteiger partial charge in [-0.15, -0.1) is 0 Å². The number of amides is 3. The molecule has 13 heteroatoms. The largest absolute Gasteiger partial charge is 0.444 e. The molecule has 2 aliphatic rings. The molecule has 2 aliphatic heterocycles. The summed E-state index contributed by atoms with van der Waals surface area (Å²) in [5.41, 5.74) is 0.133. The number of benzene rings is 2. The van der Waals surface area contributed by atoms with Crippen LogP contribution in [0.25, 0.3) is 0 Å². The van der Waals surface area contributed by atoms with E-state index in [1.807, 2.05) is 6.92 Å². The van der Waals surface area contributed by atoms with E-state index in [0.29, 0.717) is 37.3 Å². The topological polar surface area (TPSA) is 107 Å². The summed E-state index contributed by atoms with van der Waals surface area (Å²) < 4.78 is 54.0. The Kier molecular flexibility index (Phi) is 14.5. The van der Waals surface area contributed by atoms with Gasteiger partial charge in [-0.05, 0) is 107 Å². The summed E-state index contributed by atoms with van der Waals surface area (Å²) in [4.78, 5) is 45.3. The number of nitrogens with one attached hydrogen (secondary N) is 1. The Balaban J connectivity index is 1.79. The molecule has 4 rings (SSSR count). The normalized spacial score (nSPS) is 20.6. The first-order valence-electron chi connectivity index (χ1n) is 19.2. The van der Waals surface area contributed by atoms with E-state index in [2.05, 4.69) is 39.2 Å². The van der Waals surface area contributed by atoms with Gasteiger partial charge in [0, 0.05) is 37.5 Å². The van der Waals surface area contributed by atoms with E-state index < -0.39 is 55.7 Å². The van der Waals surface area contributed by atoms with Gasteiger partial charge in [-0.3, -0.25) is 14.5 Å². The predicted octanol–water partition coefficient (Wildman–Crippen LogP) is 7.75. The van der Waals surface area contributed by atoms with E-state index in [4.69, 9.17) is 18.6 Å². The number of rotatable bonds is 14. The zero-order valence-corrected chi connectivity index (χ0v) is 34.8. The van der Waals surface area contributed by atoms with Gasteiger partial charge in [0.1, 0.15) is 17.2 Å². The first-order valence-corrected chi connectivity index (χ1v) is 22.1. The van der Waals surface area contributed by atoms with Gasteiger partial charge in [-0.1, -0.05) is 33.8 Å². The lowest BCUT2D eigenvalue weighted by Gasteiger charge is -2.45. The lowest BCUT2D eigenvalue weighted by molar-refractivity contribution is 0.000337. The fourth-order valence-corrected chi connectivity index (χ4v) is 8.29. The highest BCUT2D eigenvalue weighted by atomic mass is 28.4. The molecule has 0 aromatic heterocycles. The zero-order valence-electron chi connectivity index (χ0n) is 33.8. The van der Waals surface area contributed by atoms with Crippen LogP contribution in [-0.4, -0.2) is 105 Å². The average Bonchev–Trinajstić information content (AvgIpc) is 3.71. The number of ether oxygens (including phenoxy) is 3. The second-order valence-corrected chi connectivity index (χ2v) is 21.9. The van der Waals surface area contributed by atoms with E-state index >= 15 is 0 Å². The summed E-state index contributed by atoms with van der Waals surface area (Å²) in [7, 11) is -1.05. The minimum atomic E-state index is -2.66. The molecule has 0 radical (unpaired) electrons. The third-order valence-corrected chi connectivity index (χ3v) is 15.0. The summed E-state index contributed by atoms with van der Waals surface area (Å²) in [6.45, 7) is 19.6. The van der Waals surface area contributed by atoms with Gasteiger partial charge in [0.2, 0.25) is 0 Å². The molecule has 0 spiro atoms. The first kappa shape index (κ1) is 43.3. The van der Waals surface area contributed by atoms with Crippen molar-refractivity contribution in [2.24, 2.45) is 0 Å². The van der Waals surface area contributed by atoms with Crippen LogP contribution in [0.3, 0.4) is 0 Å². The fraction of sp³-hybridized carbons (Fsp3) is 0.634. The zero-order chi connectivity index (χ0) is 40.0. The van der Waals surface area contributed by atoms with Crippen molar-refractivity contribution in [2.75, 3.05) is 33.4 Å². The molecule has 1 N–H and O–H groups in total. The number of hydrogen-bond acceptors (Lipinski definition) is 7. The Morgan fingerprint density at radius 3 is 2.26 bits per heavy atom. The number of likely N-dealkylation sites (tertiary alicyclic amines) is 2. The number of methoxy groups -OCH3 is 1. The molecular weight excluding hydrogens is 713 g/mol. The Labute approximate surface area is 321 Å². The molecule has 3 amide bonds. The van der Waals surface area contributed by atoms with Gasteiger partial charge in [0.15, 0.2) is 8.32 Å². The smallest absolute Gasteiger partial charge is 0.410 e. The second kappa shape index (κ2) is 18.0. The highest BCUT2D eigenvalue weighted by Gasteiger charge is 2.49. The van der Waals surface area contributed by atoms with Gasteiger partial charge >= 0.3 is 6.09 Å². The molecule has 0 aliphatic carbocycles. The van der Waals surface area contributed by atoms with Crippen LogP contribution < -0.4 is 5.32 Å². The van der Waals surface area contributed by atoms with Crippen molar-refractivity contribution < 1.29 is 41.8 Å². The number of hydrogen-bond donors (Lipinski definition) is 1. The van der Waals surface area contributed by atoms with Crippen molar-refractivity contribution in [3.8, 4) is 0 Å². The predicted molar refractivity (Wildman–Crippen MR) is 207 cm³/mol. The maximum absolute atomic E-state index is 14.7. The lowest BCUT2D eigenvalue weighted by atomic mass is 9.94. The highest BCUT2D eigenvalue weighted by molar-refractivity contribution is 6.74. The van der Waals surface area contributed by atoms with Crippen molar-refractivity contribution in [3.63, 3.8) is 0 Å². The molecule has 10 nitrogen and oxygen atoms in total. The minimum Gasteiger partial charge on any atom is -0.444 e. The minimum absolute atomic E-state index is 0.00997. The molecule has 2 unspecified atom stereocenters. The van der Waals surface area contributed by atoms with Gasteiger partial charge in [0.25, 0.3) is 11.8 Å². The molecule has 300 valence electrons. The number of nitrogens with zero attached hydrogens (tertiary/aromatic N) is 2. The Bertz CT molecular complexity index is 1590. The highest BCUT2D eigenvalue weighted by Crippen LogP contribution is 2.40. The summed E-state index contributed by atoms with van der Waals surface area (Å²) in [6.07, 6.45) is 1.16. The van der Waals surface area contributed by atoms with Gasteiger partial charge in [-0.25, -0.2) is 13.6 Å². The standard InChI is InChI=1S/C41H61F2N3O7Si/c1-11-18-51-33-24-35(46(25-33)39(49)52-40(2,3)4)36(53-54(9,10)41(5,6)7)34(21-27-19-30(42)23-31(43)20-27)44-37(47)28-14-12-15-29(22-28)38(48)45-17-13-16-32(45)26-50-8/h12,14-15,19-20,22-23,32-36H,11,13,16-18,21,24-26H2,1-10H3,(H,44,47)/t32-,33?,34+,35?,36+/m1/s1. The summed E-state index contributed by atoms with van der Waals surface area (Å²) in [6, 6.07) is 8.28. The summed E-state index contributed by atoms with van der Waals surface area (Å²) in [5, 5.41) is 2.88. The van der Waals surface area contributed by atoms with Crippen LogP contribution in [0.4, 0.5) is 13.6 Å². The third-order valence-electron chi connectivity index (χ3n) is 10.6. The maximum Gasteiger partial charge on any atom is 0.410 e. The van der Waals surface area contributed by atoms with Crippen molar-refractivity contribution in [1.29, 1.82) is 0 Å². The summed E-state index contributed by atoms with van der Waals surface area (Å²) >= 11 is 0. The van der Waals surface area contributed by atoms with E-state index in [-0.39, 0.29) is 41.6 Å². The van der Waals surface area contributed by atoms with Gasteiger partial charge in [-0.2, -0.15) is 0 Å². The van der Waals surface area contributed by atoms with Gasteiger partial charge < -0.3 is 28.9 Å². The fourth-order valence-electron chi connectivity index (χ4n) is 6.93. The quantitative estimate of drug-likeness (QED) is 0.196. The van der Waals surface area contributed by atoms with Crippen LogP contribution in [0.2, 0.25) is 18.1 Å². The molecule has 0 bridgehead atoms. The molecular formula is C41H61F2N3O7Si. The molecule has 2 fully saturated rings. The van der Waals surface area contributed by atoms with E-state index in [1.165, 1.54) is 12.1 Å². The molecule has 2 aromatic carbocycles. The Hall–Kier alpha value is -3.39. The van der Waals surface area contributed by atoms with E-state index in [0.717, 1.165) is 25.3 Å². The van der Waals surface area contributed by atoms with Crippen LogP contribution in [0, 0.1) is 11.6 Å². The van der Waals surface area contributed by atoms with E-state index in [1.54, 1.807) is 61.9 Å². The number of carbonyl (C=O) groups excluding carboxylic acids is 3.